The van der Waals surface area contributed by atoms with Gasteiger partial charge < -0.3 is 275 Å². The second-order valence-corrected chi connectivity index (χ2v) is 35.7. The molecule has 10 saturated heterocycles. The van der Waals surface area contributed by atoms with Gasteiger partial charge in [-0.05, 0) is 19.1 Å². The van der Waals surface area contributed by atoms with Crippen molar-refractivity contribution in [2.24, 2.45) is 0 Å². The zero-order valence-electron chi connectivity index (χ0n) is 76.9. The predicted molar refractivity (Wildman–Crippen MR) is 447 cm³/mol. The number of nitrogens with one attached hydrogen (secondary N) is 6. The van der Waals surface area contributed by atoms with E-state index in [1.54, 1.807) is 12.1 Å². The van der Waals surface area contributed by atoms with Gasteiger partial charge in [-0.3, -0.25) is 24.0 Å². The summed E-state index contributed by atoms with van der Waals surface area (Å²) in [5, 5.41) is 345. The Morgan fingerprint density at radius 3 is 1.08 bits per heavy atom. The lowest BCUT2D eigenvalue weighted by molar-refractivity contribution is -0.408. The molecule has 10 aliphatic rings. The van der Waals surface area contributed by atoms with Crippen LogP contribution in [0.1, 0.15) is 41.5 Å². The van der Waals surface area contributed by atoms with E-state index in [1.807, 2.05) is 0 Å². The summed E-state index contributed by atoms with van der Waals surface area (Å²) in [5.74, 6) is -4.81. The van der Waals surface area contributed by atoms with Crippen LogP contribution < -0.4 is 31.9 Å². The molecule has 0 unspecified atom stereocenters. The van der Waals surface area contributed by atoms with Crippen LogP contribution in [0.25, 0.3) is 0 Å². The predicted octanol–water partition coefficient (Wildman–Crippen LogP) is -22.1. The van der Waals surface area contributed by atoms with Gasteiger partial charge in [0.2, 0.25) is 29.5 Å². The minimum atomic E-state index is -2.85. The molecule has 11 rings (SSSR count). The average molecular weight is 2070 g/mol. The zero-order valence-corrected chi connectivity index (χ0v) is 76.9. The molecule has 10 aliphatic heterocycles. The van der Waals surface area contributed by atoms with Crippen molar-refractivity contribution in [3.8, 4) is 0 Å². The number of hydrogen-bond acceptors (Lipinski definition) is 56. The van der Waals surface area contributed by atoms with Crippen molar-refractivity contribution in [2.45, 2.75) is 373 Å². The van der Waals surface area contributed by atoms with E-state index in [9.17, 15) is 172 Å². The first-order chi connectivity index (χ1) is 67.3. The van der Waals surface area contributed by atoms with Crippen molar-refractivity contribution >= 4 is 35.4 Å². The van der Waals surface area contributed by atoms with E-state index in [-0.39, 0.29) is 5.82 Å². The fourth-order valence-corrected chi connectivity index (χ4v) is 18.0. The van der Waals surface area contributed by atoms with Gasteiger partial charge in [0.15, 0.2) is 62.9 Å². The van der Waals surface area contributed by atoms with E-state index in [0.29, 0.717) is 0 Å². The summed E-state index contributed by atoms with van der Waals surface area (Å²) in [6.45, 7) is -6.67. The van der Waals surface area contributed by atoms with Crippen molar-refractivity contribution in [1.29, 1.82) is 0 Å². The molecule has 0 radical (unpaired) electrons. The Bertz CT molecular complexity index is 4060. The highest BCUT2D eigenvalue weighted by Gasteiger charge is 2.63. The number of hydrogen-bond donors (Lipinski definition) is 35. The molecule has 61 nitrogen and oxygen atoms in total. The highest BCUT2D eigenvalue weighted by atomic mass is 16.8. The topological polar surface area (TPSA) is 942 Å². The molecule has 5 amide bonds. The highest BCUT2D eigenvalue weighted by molar-refractivity contribution is 5.75. The molecule has 0 aromatic carbocycles. The number of rotatable bonds is 41. The van der Waals surface area contributed by atoms with Crippen LogP contribution in [0.5, 0.6) is 0 Å². The quantitative estimate of drug-likeness (QED) is 0.0289. The molecule has 0 bridgehead atoms. The Hall–Kier alpha value is -5.66. The molecule has 61 heteroatoms. The average Bonchev–Trinajstić information content (AvgIpc) is 0.755. The Morgan fingerprint density at radius 2 is 0.662 bits per heavy atom. The van der Waals surface area contributed by atoms with Crippen LogP contribution in [0, 0.1) is 0 Å². The number of ether oxygens (including phenoxy) is 20. The molecule has 10 fully saturated rings. The number of nitrogens with zero attached hydrogens (tertiary/aromatic N) is 1. The van der Waals surface area contributed by atoms with E-state index >= 15 is 0 Å². The summed E-state index contributed by atoms with van der Waals surface area (Å²) < 4.78 is 123. The van der Waals surface area contributed by atoms with Crippen LogP contribution >= 0.6 is 0 Å². The van der Waals surface area contributed by atoms with E-state index < -0.39 is 433 Å². The number of aromatic nitrogens is 1. The Morgan fingerprint density at radius 1 is 0.324 bits per heavy atom. The van der Waals surface area contributed by atoms with Gasteiger partial charge in [-0.25, -0.2) is 4.98 Å². The van der Waals surface area contributed by atoms with Gasteiger partial charge in [-0.1, -0.05) is 6.07 Å². The third-order valence-corrected chi connectivity index (χ3v) is 25.6. The standard InChI is InChI=1S/C81H133N7O54/c1-22-44(103)55(114)60(119)76(125-22)123-20-29(102)64(45(104)28(84-23(2)97)11-83-39-9-7-8-10-82-39)135-73-41(86-25(4)99)52(111)67(37(19-96)131-73)138-79-63(122)69(140-81-71(59(118)50(109)34(16-93)130-81)142-75-43(88-27(6)101)54(113)66(36(18-95)133-75)137-78-62(121)57(116)48(107)32(14-91)128-78)68(139-72-40(85-24(3)98)51(110)46(105)30(12-89)126-72)38(134-79)21-124-80-70(58(117)49(108)33(15-92)129-80)141-74-42(87-26(5)100)53(112)65(35(17-94)132-74)136-77-61(120)56(115)47(106)31(13-90)127-77/h7-10,22,28-38,40-81,89-96,102-122H,11-21H2,1-6H3,(H,82,83)(H,84,97)(H,85,98)(H,86,99)(H,87,100)(H,88,101)/t22-,28-,29+,30+,31+,32+,33+,34+,35+,36+,37+,38+,40+,41+,42+,43+,44+,45+,46+,47-,48-,49+,50+,51+,52+,53+,54+,55+,56-,57-,58-,59-,60-,61+,62+,63-,64+,65+,66+,67+,68+,69+,70-,71-,72-,73-,74-,75-,76+,77-,78-,79-,80-,81+/m0/s1. The lowest BCUT2D eigenvalue weighted by Crippen LogP contribution is -2.71. The lowest BCUT2D eigenvalue weighted by Gasteiger charge is -2.52. The maximum Gasteiger partial charge on any atom is 0.217 e. The summed E-state index contributed by atoms with van der Waals surface area (Å²) in [6, 6.07) is -5.37. The van der Waals surface area contributed by atoms with Crippen molar-refractivity contribution in [1.82, 2.24) is 31.6 Å². The Balaban J connectivity index is 1.02. The number of anilines is 1. The molecular formula is C81H133N7O54. The zero-order chi connectivity index (χ0) is 104. The fraction of sp³-hybridized carbons (Fsp3) is 0.877. The Kier molecular flexibility index (Phi) is 42.9. The van der Waals surface area contributed by atoms with Gasteiger partial charge in [0.05, 0.1) is 78.2 Å². The van der Waals surface area contributed by atoms with Crippen LogP contribution in [0.3, 0.4) is 0 Å². The van der Waals surface area contributed by atoms with Crippen LogP contribution in [0.2, 0.25) is 0 Å². The molecule has 35 N–H and O–H groups in total. The van der Waals surface area contributed by atoms with Crippen LogP contribution in [-0.2, 0) is 119 Å². The van der Waals surface area contributed by atoms with Gasteiger partial charge >= 0.3 is 0 Å². The van der Waals surface area contributed by atoms with Crippen LogP contribution in [-0.4, -0.2) is 586 Å². The molecular weight excluding hydrogens is 1930 g/mol. The molecule has 0 aliphatic carbocycles. The van der Waals surface area contributed by atoms with Crippen molar-refractivity contribution in [2.75, 3.05) is 77.9 Å². The number of amides is 5. The minimum Gasteiger partial charge on any atom is -0.394 e. The summed E-state index contributed by atoms with van der Waals surface area (Å²) in [4.78, 5) is 70.7. The van der Waals surface area contributed by atoms with E-state index in [1.165, 1.54) is 19.2 Å². The lowest BCUT2D eigenvalue weighted by atomic mass is 9.93. The summed E-state index contributed by atoms with van der Waals surface area (Å²) in [7, 11) is 0. The maximum absolute atomic E-state index is 13.7. The first-order valence-electron chi connectivity index (χ1n) is 45.5. The van der Waals surface area contributed by atoms with E-state index in [4.69, 9.17) is 94.7 Å². The van der Waals surface area contributed by atoms with Gasteiger partial charge in [-0.15, -0.1) is 0 Å². The summed E-state index contributed by atoms with van der Waals surface area (Å²) >= 11 is 0. The third-order valence-electron chi connectivity index (χ3n) is 25.6. The molecule has 11 heterocycles. The molecule has 142 heavy (non-hydrogen) atoms. The summed E-state index contributed by atoms with van der Waals surface area (Å²) in [6.07, 6.45) is -106. The normalized spacial score (nSPS) is 45.2. The van der Waals surface area contributed by atoms with Crippen molar-refractivity contribution < 1.29 is 267 Å². The first-order valence-corrected chi connectivity index (χ1v) is 45.5. The number of carbonyl (C=O) groups is 5. The van der Waals surface area contributed by atoms with E-state index in [0.717, 1.165) is 34.6 Å². The fourth-order valence-electron chi connectivity index (χ4n) is 18.0. The SMILES string of the molecule is CC(=O)N[C@H]1[C@H](O[C@@H]([C@H](O)[C@H](CNc2ccccn2)NC(C)=O)[C@H](O)CO[C@@H]2O[C@@H](C)[C@@H](O)[C@@H](O)[C@@H]2O)O[C@H](CO)[C@@H](O[C@@H]2O[C@H](CO[C@H]3O[C@H](CO)[C@@H](O)[C@H](O)[C@@H]3O[C@@H]3O[C@H](CO)[C@@H](O[C@@H]4O[C@H](CO)[C@H](O)[C@H](O)[C@H]4O)[C@H](O)[C@H]3NC(C)=O)[C@@H](O[C@@H]3O[C@H](CO)[C@@H](O)[C@H](O)[C@H]3NC(C)=O)[C@H](O[C@H]3O[C@H](CO)[C@@H](O)[C@H](O)[C@@H]3O[C@@H]3O[C@H](CO)[C@@H](O[C@@H]4O[C@H](CO)[C@H](O)[C@H](O)[C@H]4O)[C@H](O)[C@H]3NC(C)=O)[C@@H]2O)[C@@H]1O. The largest absolute Gasteiger partial charge is 0.394 e. The van der Waals surface area contributed by atoms with E-state index in [2.05, 4.69) is 36.9 Å². The van der Waals surface area contributed by atoms with Crippen molar-refractivity contribution in [3.63, 3.8) is 0 Å². The molecule has 0 spiro atoms. The van der Waals surface area contributed by atoms with Crippen LogP contribution in [0.4, 0.5) is 5.82 Å². The molecule has 816 valence electrons. The maximum atomic E-state index is 13.7. The first kappa shape index (κ1) is 117. The van der Waals surface area contributed by atoms with Gasteiger partial charge in [0.1, 0.15) is 262 Å². The van der Waals surface area contributed by atoms with Gasteiger partial charge in [0, 0.05) is 47.4 Å². The summed E-state index contributed by atoms with van der Waals surface area (Å²) in [5.41, 5.74) is 0. The number of carbonyl (C=O) groups excluding carboxylic acids is 5. The molecule has 54 atom stereocenters. The monoisotopic (exact) mass is 2070 g/mol. The van der Waals surface area contributed by atoms with Gasteiger partial charge in [0.25, 0.3) is 0 Å². The minimum absolute atomic E-state index is 0.158. The molecule has 1 aromatic rings. The Labute approximate surface area is 806 Å². The van der Waals surface area contributed by atoms with Gasteiger partial charge in [-0.2, -0.15) is 0 Å². The molecule has 1 aromatic heterocycles. The number of aliphatic hydroxyl groups is 29. The van der Waals surface area contributed by atoms with Crippen molar-refractivity contribution in [3.05, 3.63) is 24.4 Å². The van der Waals surface area contributed by atoms with Crippen LogP contribution in [0.15, 0.2) is 24.4 Å². The second-order valence-electron chi connectivity index (χ2n) is 35.7. The number of pyridine rings is 1. The highest BCUT2D eigenvalue weighted by Crippen LogP contribution is 2.42. The smallest absolute Gasteiger partial charge is 0.217 e. The third kappa shape index (κ3) is 27.0. The second kappa shape index (κ2) is 52.2. The number of aliphatic hydroxyl groups excluding tert-OH is 29. The molecule has 0 saturated carbocycles.